The smallest absolute Gasteiger partial charge is 0.257 e. The van der Waals surface area contributed by atoms with Crippen molar-refractivity contribution in [2.24, 2.45) is 0 Å². The van der Waals surface area contributed by atoms with Crippen molar-refractivity contribution in [3.8, 4) is 5.75 Å². The van der Waals surface area contributed by atoms with Gasteiger partial charge in [0.05, 0.1) is 7.11 Å². The largest absolute Gasteiger partial charge is 0.497 e. The molecule has 0 fully saturated rings. The van der Waals surface area contributed by atoms with Gasteiger partial charge in [0.15, 0.2) is 6.10 Å². The molecule has 0 spiro atoms. The fourth-order valence-corrected chi connectivity index (χ4v) is 1.67. The van der Waals surface area contributed by atoms with Gasteiger partial charge in [-0.25, -0.2) is 0 Å². The monoisotopic (exact) mass is 257 g/mol. The lowest BCUT2D eigenvalue weighted by atomic mass is 10.1. The summed E-state index contributed by atoms with van der Waals surface area (Å²) in [4.78, 5) is 11.9. The molecule has 1 unspecified atom stereocenters. The van der Waals surface area contributed by atoms with Crippen LogP contribution in [0.15, 0.2) is 54.6 Å². The van der Waals surface area contributed by atoms with Gasteiger partial charge >= 0.3 is 0 Å². The lowest BCUT2D eigenvalue weighted by molar-refractivity contribution is -0.124. The second kappa shape index (κ2) is 6.02. The zero-order chi connectivity index (χ0) is 13.7. The van der Waals surface area contributed by atoms with Crippen LogP contribution in [-0.4, -0.2) is 18.1 Å². The molecule has 0 bridgehead atoms. The van der Waals surface area contributed by atoms with E-state index < -0.39 is 12.0 Å². The van der Waals surface area contributed by atoms with Crippen LogP contribution in [0, 0.1) is 0 Å². The highest BCUT2D eigenvalue weighted by Crippen LogP contribution is 2.19. The van der Waals surface area contributed by atoms with Gasteiger partial charge in [-0.15, -0.1) is 0 Å². The zero-order valence-electron chi connectivity index (χ0n) is 10.5. The third-order valence-corrected chi connectivity index (χ3v) is 2.72. The Morgan fingerprint density at radius 3 is 2.32 bits per heavy atom. The average molecular weight is 257 g/mol. The molecule has 4 nitrogen and oxygen atoms in total. The van der Waals surface area contributed by atoms with E-state index in [2.05, 4.69) is 5.32 Å². The minimum atomic E-state index is -1.20. The molecule has 0 radical (unpaired) electrons. The van der Waals surface area contributed by atoms with E-state index in [4.69, 9.17) is 4.74 Å². The number of ether oxygens (including phenoxy) is 1. The molecule has 0 aromatic heterocycles. The number of rotatable bonds is 4. The van der Waals surface area contributed by atoms with E-state index >= 15 is 0 Å². The molecule has 98 valence electrons. The SMILES string of the molecule is COc1ccc(C(O)C(=O)Nc2ccccc2)cc1. The average Bonchev–Trinajstić information content (AvgIpc) is 2.47. The first-order chi connectivity index (χ1) is 9.20. The van der Waals surface area contributed by atoms with E-state index in [0.717, 1.165) is 0 Å². The Morgan fingerprint density at radius 1 is 1.11 bits per heavy atom. The number of hydrogen-bond acceptors (Lipinski definition) is 3. The van der Waals surface area contributed by atoms with Crippen molar-refractivity contribution in [1.29, 1.82) is 0 Å². The molecule has 0 saturated heterocycles. The number of anilines is 1. The Labute approximate surface area is 111 Å². The van der Waals surface area contributed by atoms with Crippen molar-refractivity contribution in [3.63, 3.8) is 0 Å². The van der Waals surface area contributed by atoms with Crippen LogP contribution >= 0.6 is 0 Å². The van der Waals surface area contributed by atoms with Crippen LogP contribution in [0.5, 0.6) is 5.75 Å². The van der Waals surface area contributed by atoms with Gasteiger partial charge in [-0.1, -0.05) is 30.3 Å². The first-order valence-corrected chi connectivity index (χ1v) is 5.88. The van der Waals surface area contributed by atoms with Crippen molar-refractivity contribution in [2.45, 2.75) is 6.10 Å². The third-order valence-electron chi connectivity index (χ3n) is 2.72. The topological polar surface area (TPSA) is 58.6 Å². The van der Waals surface area contributed by atoms with Crippen molar-refractivity contribution in [3.05, 3.63) is 60.2 Å². The van der Waals surface area contributed by atoms with Crippen LogP contribution in [0.25, 0.3) is 0 Å². The third kappa shape index (κ3) is 3.33. The number of benzene rings is 2. The molecule has 1 amide bonds. The number of carbonyl (C=O) groups is 1. The predicted molar refractivity (Wildman–Crippen MR) is 73.0 cm³/mol. The summed E-state index contributed by atoms with van der Waals surface area (Å²) < 4.78 is 5.02. The van der Waals surface area contributed by atoms with Crippen LogP contribution < -0.4 is 10.1 Å². The van der Waals surface area contributed by atoms with Crippen LogP contribution in [0.2, 0.25) is 0 Å². The zero-order valence-corrected chi connectivity index (χ0v) is 10.5. The number of aliphatic hydroxyl groups excluding tert-OH is 1. The molecule has 1 atom stereocenters. The number of nitrogens with one attached hydrogen (secondary N) is 1. The highest BCUT2D eigenvalue weighted by molar-refractivity contribution is 5.94. The Morgan fingerprint density at radius 2 is 1.74 bits per heavy atom. The maximum absolute atomic E-state index is 11.9. The van der Waals surface area contributed by atoms with Crippen LogP contribution in [0.1, 0.15) is 11.7 Å². The predicted octanol–water partition coefficient (Wildman–Crippen LogP) is 2.37. The molecule has 2 N–H and O–H groups in total. The van der Waals surface area contributed by atoms with Crippen molar-refractivity contribution in [1.82, 2.24) is 0 Å². The number of amides is 1. The fourth-order valence-electron chi connectivity index (χ4n) is 1.67. The summed E-state index contributed by atoms with van der Waals surface area (Å²) in [6.45, 7) is 0. The number of carbonyl (C=O) groups excluding carboxylic acids is 1. The summed E-state index contributed by atoms with van der Waals surface area (Å²) in [7, 11) is 1.56. The molecule has 0 aliphatic heterocycles. The van der Waals surface area contributed by atoms with Crippen molar-refractivity contribution in [2.75, 3.05) is 12.4 Å². The minimum absolute atomic E-state index is 0.462. The molecular formula is C15H15NO3. The molecule has 4 heteroatoms. The van der Waals surface area contributed by atoms with Gasteiger partial charge in [0.2, 0.25) is 0 Å². The summed E-state index contributed by atoms with van der Waals surface area (Å²) in [5, 5.41) is 12.6. The number of aliphatic hydroxyl groups is 1. The summed E-state index contributed by atoms with van der Waals surface area (Å²) in [6, 6.07) is 15.7. The van der Waals surface area contributed by atoms with E-state index in [1.54, 1.807) is 43.5 Å². The molecular weight excluding hydrogens is 242 g/mol. The molecule has 0 heterocycles. The van der Waals surface area contributed by atoms with Gasteiger partial charge < -0.3 is 15.2 Å². The quantitative estimate of drug-likeness (QED) is 0.884. The summed E-state index contributed by atoms with van der Waals surface area (Å²) in [6.07, 6.45) is -1.20. The maximum Gasteiger partial charge on any atom is 0.257 e. The van der Waals surface area contributed by atoms with Gasteiger partial charge in [-0.05, 0) is 29.8 Å². The molecule has 0 saturated carbocycles. The highest BCUT2D eigenvalue weighted by atomic mass is 16.5. The first-order valence-electron chi connectivity index (χ1n) is 5.88. The standard InChI is InChI=1S/C15H15NO3/c1-19-13-9-7-11(8-10-13)14(17)15(18)16-12-5-3-2-4-6-12/h2-10,14,17H,1H3,(H,16,18). The molecule has 0 aliphatic rings. The summed E-state index contributed by atoms with van der Waals surface area (Å²) in [5.41, 5.74) is 1.18. The van der Waals surface area contributed by atoms with Gasteiger partial charge in [-0.3, -0.25) is 4.79 Å². The second-order valence-electron chi connectivity index (χ2n) is 4.03. The first kappa shape index (κ1) is 13.1. The fraction of sp³-hybridized carbons (Fsp3) is 0.133. The van der Waals surface area contributed by atoms with Crippen LogP contribution in [0.4, 0.5) is 5.69 Å². The summed E-state index contributed by atoms with van der Waals surface area (Å²) >= 11 is 0. The van der Waals surface area contributed by atoms with Gasteiger partial charge in [-0.2, -0.15) is 0 Å². The lowest BCUT2D eigenvalue weighted by Crippen LogP contribution is -2.20. The maximum atomic E-state index is 11.9. The number of methoxy groups -OCH3 is 1. The molecule has 0 aliphatic carbocycles. The number of hydrogen-bond donors (Lipinski definition) is 2. The Bertz CT molecular complexity index is 537. The molecule has 19 heavy (non-hydrogen) atoms. The van der Waals surface area contributed by atoms with Crippen LogP contribution in [0.3, 0.4) is 0 Å². The number of para-hydroxylation sites is 1. The van der Waals surface area contributed by atoms with Crippen molar-refractivity contribution >= 4 is 11.6 Å². The Hall–Kier alpha value is -2.33. The van der Waals surface area contributed by atoms with Gasteiger partial charge in [0.1, 0.15) is 5.75 Å². The summed E-state index contributed by atoms with van der Waals surface area (Å²) in [5.74, 6) is 0.218. The van der Waals surface area contributed by atoms with Gasteiger partial charge in [0, 0.05) is 5.69 Å². The lowest BCUT2D eigenvalue weighted by Gasteiger charge is -2.12. The highest BCUT2D eigenvalue weighted by Gasteiger charge is 2.17. The van der Waals surface area contributed by atoms with Crippen molar-refractivity contribution < 1.29 is 14.6 Å². The minimum Gasteiger partial charge on any atom is -0.497 e. The molecule has 2 aromatic rings. The molecule has 2 rings (SSSR count). The Kier molecular flexibility index (Phi) is 4.15. The Balaban J connectivity index is 2.06. The normalized spacial score (nSPS) is 11.7. The van der Waals surface area contributed by atoms with E-state index in [1.807, 2.05) is 18.2 Å². The van der Waals surface area contributed by atoms with E-state index in [9.17, 15) is 9.90 Å². The van der Waals surface area contributed by atoms with Gasteiger partial charge in [0.25, 0.3) is 5.91 Å². The van der Waals surface area contributed by atoms with Crippen LogP contribution in [-0.2, 0) is 4.79 Å². The second-order valence-corrected chi connectivity index (χ2v) is 4.03. The van der Waals surface area contributed by atoms with E-state index in [0.29, 0.717) is 17.0 Å². The van der Waals surface area contributed by atoms with E-state index in [1.165, 1.54) is 0 Å². The molecule has 2 aromatic carbocycles. The van der Waals surface area contributed by atoms with E-state index in [-0.39, 0.29) is 0 Å².